The number of hydrogen-bond acceptors (Lipinski definition) is 10. The quantitative estimate of drug-likeness (QED) is 0.140. The molecule has 2 aromatic carbocycles. The SMILES string of the molecule is COc1nc(-c2cccc(-c3cccc(-c4cnc(CNCC(O)CN5CCCC5)c(OC)n4)c3Cl)c2Cl)cnc1CCC[C@@H]1CCC(=O)N1. The number of benzene rings is 2. The van der Waals surface area contributed by atoms with Crippen LogP contribution in [0.1, 0.15) is 49.9 Å². The number of carbonyl (C=O) groups is 1. The van der Waals surface area contributed by atoms with E-state index in [4.69, 9.17) is 42.6 Å². The Hall–Kier alpha value is -3.87. The van der Waals surface area contributed by atoms with Gasteiger partial charge >= 0.3 is 0 Å². The second-order valence-electron chi connectivity index (χ2n) is 12.7. The summed E-state index contributed by atoms with van der Waals surface area (Å²) in [6, 6.07) is 11.6. The van der Waals surface area contributed by atoms with Crippen molar-refractivity contribution < 1.29 is 19.4 Å². The molecule has 1 amide bonds. The molecular weight excluding hydrogens is 677 g/mol. The molecule has 2 atom stereocenters. The van der Waals surface area contributed by atoms with Crippen LogP contribution in [0.15, 0.2) is 48.8 Å². The summed E-state index contributed by atoms with van der Waals surface area (Å²) in [4.78, 5) is 32.6. The molecule has 0 aliphatic carbocycles. The summed E-state index contributed by atoms with van der Waals surface area (Å²) in [5.74, 6) is 0.951. The Morgan fingerprint density at radius 3 is 2.08 bits per heavy atom. The van der Waals surface area contributed by atoms with Crippen molar-refractivity contribution in [2.24, 2.45) is 0 Å². The van der Waals surface area contributed by atoms with Crippen LogP contribution in [-0.4, -0.2) is 88.4 Å². The molecular formula is C37H43Cl2N7O4. The first-order valence-electron chi connectivity index (χ1n) is 17.1. The van der Waals surface area contributed by atoms with Gasteiger partial charge in [0.2, 0.25) is 17.7 Å². The van der Waals surface area contributed by atoms with Crippen LogP contribution >= 0.6 is 23.2 Å². The van der Waals surface area contributed by atoms with Crippen molar-refractivity contribution in [2.75, 3.05) is 40.4 Å². The van der Waals surface area contributed by atoms with Gasteiger partial charge in [0.25, 0.3) is 0 Å². The fourth-order valence-electron chi connectivity index (χ4n) is 6.64. The zero-order chi connectivity index (χ0) is 35.0. The Morgan fingerprint density at radius 2 is 1.50 bits per heavy atom. The number of β-amino-alcohol motifs (C(OH)–C–C–N with tert-alkyl or cyclic N) is 1. The van der Waals surface area contributed by atoms with E-state index in [-0.39, 0.29) is 11.9 Å². The number of aliphatic hydroxyl groups is 1. The third-order valence-corrected chi connectivity index (χ3v) is 10.1. The van der Waals surface area contributed by atoms with Crippen LogP contribution in [0.25, 0.3) is 33.6 Å². The molecule has 0 saturated carbocycles. The van der Waals surface area contributed by atoms with Crippen LogP contribution in [0, 0.1) is 0 Å². The molecule has 1 unspecified atom stereocenters. The zero-order valence-electron chi connectivity index (χ0n) is 28.4. The molecule has 0 radical (unpaired) electrons. The van der Waals surface area contributed by atoms with E-state index in [1.165, 1.54) is 12.8 Å². The van der Waals surface area contributed by atoms with Crippen LogP contribution in [0.5, 0.6) is 11.8 Å². The molecule has 2 fully saturated rings. The summed E-state index contributed by atoms with van der Waals surface area (Å²) in [6.07, 6.45) is 9.21. The van der Waals surface area contributed by atoms with Gasteiger partial charge in [-0.2, -0.15) is 0 Å². The summed E-state index contributed by atoms with van der Waals surface area (Å²) in [5, 5.41) is 17.7. The number of aliphatic hydroxyl groups excluding tert-OH is 1. The minimum absolute atomic E-state index is 0.122. The van der Waals surface area contributed by atoms with Crippen LogP contribution in [0.3, 0.4) is 0 Å². The molecule has 13 heteroatoms. The van der Waals surface area contributed by atoms with Crippen molar-refractivity contribution in [1.29, 1.82) is 0 Å². The van der Waals surface area contributed by atoms with E-state index in [1.54, 1.807) is 26.6 Å². The van der Waals surface area contributed by atoms with Gasteiger partial charge < -0.3 is 30.1 Å². The monoisotopic (exact) mass is 719 g/mol. The maximum Gasteiger partial charge on any atom is 0.237 e. The van der Waals surface area contributed by atoms with E-state index in [0.717, 1.165) is 49.2 Å². The average molecular weight is 721 g/mol. The normalized spacial score (nSPS) is 16.8. The number of methoxy groups -OCH3 is 2. The number of nitrogens with one attached hydrogen (secondary N) is 2. The molecule has 50 heavy (non-hydrogen) atoms. The predicted octanol–water partition coefficient (Wildman–Crippen LogP) is 5.74. The van der Waals surface area contributed by atoms with Gasteiger partial charge in [-0.1, -0.05) is 59.6 Å². The van der Waals surface area contributed by atoms with Crippen LogP contribution in [0.2, 0.25) is 10.0 Å². The lowest BCUT2D eigenvalue weighted by Gasteiger charge is -2.19. The molecule has 4 aromatic rings. The number of halogens is 2. The van der Waals surface area contributed by atoms with E-state index in [2.05, 4.69) is 25.5 Å². The Labute approximate surface area is 302 Å². The number of ether oxygens (including phenoxy) is 2. The van der Waals surface area contributed by atoms with Crippen LogP contribution in [-0.2, 0) is 17.8 Å². The second-order valence-corrected chi connectivity index (χ2v) is 13.5. The van der Waals surface area contributed by atoms with Crippen molar-refractivity contribution in [3.8, 4) is 45.4 Å². The number of aryl methyl sites for hydroxylation is 1. The highest BCUT2D eigenvalue weighted by Crippen LogP contribution is 2.42. The number of aromatic nitrogens is 4. The Kier molecular flexibility index (Phi) is 12.1. The van der Waals surface area contributed by atoms with Gasteiger partial charge in [-0.25, -0.2) is 9.97 Å². The molecule has 2 aliphatic heterocycles. The van der Waals surface area contributed by atoms with Gasteiger partial charge in [0.15, 0.2) is 0 Å². The topological polar surface area (TPSA) is 135 Å². The first-order valence-corrected chi connectivity index (χ1v) is 17.9. The molecule has 11 nitrogen and oxygen atoms in total. The standard InChI is InChI=1S/C37H43Cl2N7O4/c1-49-36-29(13-5-8-23-14-15-33(48)43-23)41-20-30(44-36)27-11-6-9-25(34(27)38)26-10-7-12-28(35(26)39)31-21-42-32(37(45-31)50-2)19-40-18-24(47)22-46-16-3-4-17-46/h6-7,9-12,20-21,23-24,40,47H,3-5,8,13-19,22H2,1-2H3,(H,43,48)/t23-,24?/m1/s1. The van der Waals surface area contributed by atoms with Gasteiger partial charge in [-0.05, 0) is 51.6 Å². The summed E-state index contributed by atoms with van der Waals surface area (Å²) >= 11 is 14.1. The summed E-state index contributed by atoms with van der Waals surface area (Å²) in [5.41, 5.74) is 5.37. The smallest absolute Gasteiger partial charge is 0.237 e. The van der Waals surface area contributed by atoms with Crippen LogP contribution in [0.4, 0.5) is 0 Å². The van der Waals surface area contributed by atoms with Crippen molar-refractivity contribution >= 4 is 29.1 Å². The minimum Gasteiger partial charge on any atom is -0.480 e. The van der Waals surface area contributed by atoms with Gasteiger partial charge in [0.05, 0.1) is 54.2 Å². The van der Waals surface area contributed by atoms with Gasteiger partial charge in [-0.3, -0.25) is 14.8 Å². The molecule has 2 saturated heterocycles. The molecule has 2 aromatic heterocycles. The molecule has 2 aliphatic rings. The Morgan fingerprint density at radius 1 is 0.920 bits per heavy atom. The number of rotatable bonds is 15. The first kappa shape index (κ1) is 35.9. The Bertz CT molecular complexity index is 1800. The van der Waals surface area contributed by atoms with E-state index >= 15 is 0 Å². The van der Waals surface area contributed by atoms with E-state index in [9.17, 15) is 9.90 Å². The summed E-state index contributed by atoms with van der Waals surface area (Å²) < 4.78 is 11.2. The third kappa shape index (κ3) is 8.52. The molecule has 4 heterocycles. The number of amides is 1. The Balaban J connectivity index is 1.17. The zero-order valence-corrected chi connectivity index (χ0v) is 29.9. The fraction of sp³-hybridized carbons (Fsp3) is 0.432. The molecule has 3 N–H and O–H groups in total. The van der Waals surface area contributed by atoms with Gasteiger partial charge in [-0.15, -0.1) is 0 Å². The highest BCUT2D eigenvalue weighted by atomic mass is 35.5. The van der Waals surface area contributed by atoms with Crippen molar-refractivity contribution in [1.82, 2.24) is 35.5 Å². The molecule has 264 valence electrons. The lowest BCUT2D eigenvalue weighted by Crippen LogP contribution is -2.37. The summed E-state index contributed by atoms with van der Waals surface area (Å²) in [7, 11) is 3.14. The number of nitrogens with zero attached hydrogens (tertiary/aromatic N) is 5. The molecule has 6 rings (SSSR count). The maximum atomic E-state index is 11.5. The van der Waals surface area contributed by atoms with E-state index in [0.29, 0.717) is 82.5 Å². The van der Waals surface area contributed by atoms with Gasteiger partial charge in [0.1, 0.15) is 11.4 Å². The molecule has 0 spiro atoms. The van der Waals surface area contributed by atoms with Crippen molar-refractivity contribution in [2.45, 2.75) is 63.6 Å². The highest BCUT2D eigenvalue weighted by Gasteiger charge is 2.22. The lowest BCUT2D eigenvalue weighted by atomic mass is 9.98. The van der Waals surface area contributed by atoms with Crippen LogP contribution < -0.4 is 20.1 Å². The number of carbonyl (C=O) groups excluding carboxylic acids is 1. The third-order valence-electron chi connectivity index (χ3n) is 9.24. The lowest BCUT2D eigenvalue weighted by molar-refractivity contribution is -0.119. The van der Waals surface area contributed by atoms with Crippen molar-refractivity contribution in [3.05, 3.63) is 70.2 Å². The number of likely N-dealkylation sites (tertiary alicyclic amines) is 1. The maximum absolute atomic E-state index is 11.5. The largest absolute Gasteiger partial charge is 0.480 e. The molecule has 0 bridgehead atoms. The average Bonchev–Trinajstić information content (AvgIpc) is 3.80. The number of hydrogen-bond donors (Lipinski definition) is 3. The fourth-order valence-corrected chi connectivity index (χ4v) is 7.29. The van der Waals surface area contributed by atoms with Gasteiger partial charge in [0, 0.05) is 54.4 Å². The van der Waals surface area contributed by atoms with E-state index < -0.39 is 6.10 Å². The minimum atomic E-state index is -0.463. The van der Waals surface area contributed by atoms with E-state index in [1.807, 2.05) is 36.4 Å². The summed E-state index contributed by atoms with van der Waals surface area (Å²) in [6.45, 7) is 3.60. The highest BCUT2D eigenvalue weighted by molar-refractivity contribution is 6.39. The first-order chi connectivity index (χ1) is 24.3. The second kappa shape index (κ2) is 16.9. The van der Waals surface area contributed by atoms with Crippen molar-refractivity contribution in [3.63, 3.8) is 0 Å². The predicted molar refractivity (Wildman–Crippen MR) is 195 cm³/mol.